The summed E-state index contributed by atoms with van der Waals surface area (Å²) in [6, 6.07) is 0. The van der Waals surface area contributed by atoms with Crippen molar-refractivity contribution in [1.82, 2.24) is 0 Å². The van der Waals surface area contributed by atoms with Crippen molar-refractivity contribution in [3.05, 3.63) is 7.11 Å². The molecule has 0 aromatic carbocycles. The average molecular weight is 210 g/mol. The van der Waals surface area contributed by atoms with E-state index in [9.17, 15) is 13.2 Å². The van der Waals surface area contributed by atoms with Crippen LogP contribution in [0.15, 0.2) is 0 Å². The highest BCUT2D eigenvalue weighted by Gasteiger charge is 2.52. The Bertz CT molecular complexity index is 185. The minimum Gasteiger partial charge on any atom is -0.381 e. The summed E-state index contributed by atoms with van der Waals surface area (Å²) >= 11 is 0. The molecule has 1 unspecified atom stereocenters. The molecule has 5 heteroatoms. The molecule has 2 nitrogen and oxygen atoms in total. The third-order valence-corrected chi connectivity index (χ3v) is 2.70. The molecule has 0 N–H and O–H groups in total. The molecule has 0 bridgehead atoms. The Morgan fingerprint density at radius 2 is 1.86 bits per heavy atom. The van der Waals surface area contributed by atoms with Gasteiger partial charge >= 0.3 is 6.18 Å². The van der Waals surface area contributed by atoms with Crippen LogP contribution < -0.4 is 0 Å². The molecule has 1 fully saturated rings. The average Bonchev–Trinajstić information content (AvgIpc) is 2.03. The summed E-state index contributed by atoms with van der Waals surface area (Å²) in [5, 5.41) is 0. The van der Waals surface area contributed by atoms with E-state index in [4.69, 9.17) is 11.8 Å². The van der Waals surface area contributed by atoms with E-state index < -0.39 is 17.7 Å². The van der Waals surface area contributed by atoms with Gasteiger partial charge in [0.15, 0.2) is 6.10 Å². The van der Waals surface area contributed by atoms with Crippen molar-refractivity contribution >= 4 is 0 Å². The Morgan fingerprint density at radius 3 is 2.21 bits per heavy atom. The van der Waals surface area contributed by atoms with Crippen molar-refractivity contribution in [3.63, 3.8) is 0 Å². The highest BCUT2D eigenvalue weighted by Crippen LogP contribution is 2.42. The van der Waals surface area contributed by atoms with Gasteiger partial charge in [0, 0.05) is 18.6 Å². The third-order valence-electron chi connectivity index (χ3n) is 2.70. The molecule has 0 saturated carbocycles. The number of hydrogen-bond acceptors (Lipinski definition) is 2. The molecule has 0 aliphatic carbocycles. The van der Waals surface area contributed by atoms with Gasteiger partial charge in [-0.05, 0) is 12.8 Å². The van der Waals surface area contributed by atoms with Gasteiger partial charge in [-0.1, -0.05) is 6.92 Å². The van der Waals surface area contributed by atoms with Crippen LogP contribution in [0.3, 0.4) is 0 Å². The van der Waals surface area contributed by atoms with Crippen LogP contribution in [0.1, 0.15) is 19.8 Å². The first-order valence-corrected chi connectivity index (χ1v) is 4.40. The Hall–Kier alpha value is -0.290. The quantitative estimate of drug-likeness (QED) is 0.696. The second-order valence-electron chi connectivity index (χ2n) is 3.82. The van der Waals surface area contributed by atoms with E-state index in [-0.39, 0.29) is 0 Å². The lowest BCUT2D eigenvalue weighted by Gasteiger charge is -2.40. The lowest BCUT2D eigenvalue weighted by molar-refractivity contribution is -0.249. The minimum atomic E-state index is -4.42. The zero-order chi connectivity index (χ0) is 10.8. The van der Waals surface area contributed by atoms with Gasteiger partial charge in [-0.3, -0.25) is 0 Å². The van der Waals surface area contributed by atoms with Crippen molar-refractivity contribution < 1.29 is 22.6 Å². The third kappa shape index (κ3) is 2.39. The first-order chi connectivity index (χ1) is 6.40. The van der Waals surface area contributed by atoms with Gasteiger partial charge in [0.2, 0.25) is 0 Å². The second kappa shape index (κ2) is 4.06. The van der Waals surface area contributed by atoms with Crippen LogP contribution in [-0.4, -0.2) is 25.5 Å². The molecule has 1 heterocycles. The van der Waals surface area contributed by atoms with E-state index in [1.54, 1.807) is 0 Å². The van der Waals surface area contributed by atoms with E-state index >= 15 is 0 Å². The van der Waals surface area contributed by atoms with Gasteiger partial charge in [-0.15, -0.1) is 0 Å². The van der Waals surface area contributed by atoms with Gasteiger partial charge < -0.3 is 9.47 Å². The Kier molecular flexibility index (Phi) is 3.42. The summed E-state index contributed by atoms with van der Waals surface area (Å²) in [7, 11) is 4.71. The van der Waals surface area contributed by atoms with Gasteiger partial charge in [0.05, 0.1) is 0 Å². The van der Waals surface area contributed by atoms with Gasteiger partial charge in [-0.25, -0.2) is 0 Å². The fourth-order valence-electron chi connectivity index (χ4n) is 1.74. The van der Waals surface area contributed by atoms with Crippen molar-refractivity contribution in [2.75, 3.05) is 13.2 Å². The van der Waals surface area contributed by atoms with Crippen molar-refractivity contribution in [1.29, 1.82) is 0 Å². The number of ether oxygens (including phenoxy) is 2. The second-order valence-corrected chi connectivity index (χ2v) is 3.82. The van der Waals surface area contributed by atoms with Gasteiger partial charge in [-0.2, -0.15) is 13.2 Å². The van der Waals surface area contributed by atoms with Crippen LogP contribution in [0.25, 0.3) is 0 Å². The zero-order valence-electron chi connectivity index (χ0n) is 7.93. The van der Waals surface area contributed by atoms with Crippen molar-refractivity contribution in [3.8, 4) is 0 Å². The number of rotatable bonds is 2. The van der Waals surface area contributed by atoms with Crippen LogP contribution in [-0.2, 0) is 9.47 Å². The molecule has 1 aliphatic heterocycles. The van der Waals surface area contributed by atoms with Crippen LogP contribution in [0, 0.1) is 12.5 Å². The SMILES string of the molecule is [CH]OC(C(F)(F)F)C1(C)CCOCC1. The van der Waals surface area contributed by atoms with Crippen LogP contribution in [0.4, 0.5) is 13.2 Å². The number of alkyl halides is 3. The zero-order valence-corrected chi connectivity index (χ0v) is 7.93. The fraction of sp³-hybridized carbons (Fsp3) is 0.889. The molecule has 1 atom stereocenters. The minimum absolute atomic E-state index is 0.314. The maximum Gasteiger partial charge on any atom is 0.415 e. The van der Waals surface area contributed by atoms with Crippen molar-refractivity contribution in [2.45, 2.75) is 32.0 Å². The maximum atomic E-state index is 12.5. The molecular weight excluding hydrogens is 197 g/mol. The van der Waals surface area contributed by atoms with Gasteiger partial charge in [0.1, 0.15) is 7.11 Å². The van der Waals surface area contributed by atoms with Crippen molar-refractivity contribution in [2.24, 2.45) is 5.41 Å². The van der Waals surface area contributed by atoms with E-state index in [1.165, 1.54) is 6.92 Å². The van der Waals surface area contributed by atoms with Crippen LogP contribution in [0.5, 0.6) is 0 Å². The number of hydrogen-bond donors (Lipinski definition) is 0. The predicted octanol–water partition coefficient (Wildman–Crippen LogP) is 2.42. The molecular formula is C9H13F3O2. The van der Waals surface area contributed by atoms with E-state index in [0.29, 0.717) is 26.1 Å². The molecule has 1 aliphatic rings. The molecule has 14 heavy (non-hydrogen) atoms. The standard InChI is InChI=1S/C9H13F3O2/c1-8(3-5-14-6-4-8)7(13-2)9(10,11)12/h2,7H,3-6H2,1H3. The lowest BCUT2D eigenvalue weighted by atomic mass is 9.77. The maximum absolute atomic E-state index is 12.5. The lowest BCUT2D eigenvalue weighted by Crippen LogP contribution is -2.47. The Labute approximate surface area is 81.4 Å². The Balaban J connectivity index is 2.76. The molecule has 0 amide bonds. The molecule has 1 saturated heterocycles. The van der Waals surface area contributed by atoms with E-state index in [2.05, 4.69) is 4.74 Å². The molecule has 2 radical (unpaired) electrons. The summed E-state index contributed by atoms with van der Waals surface area (Å²) in [4.78, 5) is 0. The Morgan fingerprint density at radius 1 is 1.36 bits per heavy atom. The monoisotopic (exact) mass is 210 g/mol. The summed E-state index contributed by atoms with van der Waals surface area (Å²) in [6.45, 7) is 2.18. The topological polar surface area (TPSA) is 18.5 Å². The predicted molar refractivity (Wildman–Crippen MR) is 43.4 cm³/mol. The number of halogens is 3. The molecule has 0 aromatic heterocycles. The van der Waals surface area contributed by atoms with E-state index in [0.717, 1.165) is 0 Å². The first-order valence-electron chi connectivity index (χ1n) is 4.40. The molecule has 0 spiro atoms. The highest BCUT2D eigenvalue weighted by atomic mass is 19.4. The molecule has 1 rings (SSSR count). The van der Waals surface area contributed by atoms with Crippen LogP contribution in [0.2, 0.25) is 0 Å². The first kappa shape index (κ1) is 11.8. The fourth-order valence-corrected chi connectivity index (χ4v) is 1.74. The van der Waals surface area contributed by atoms with E-state index in [1.807, 2.05) is 0 Å². The summed E-state index contributed by atoms with van der Waals surface area (Å²) in [6.07, 6.45) is -5.69. The highest BCUT2D eigenvalue weighted by molar-refractivity contribution is 4.89. The summed E-state index contributed by atoms with van der Waals surface area (Å²) in [5.74, 6) is 0. The molecule has 82 valence electrons. The summed E-state index contributed by atoms with van der Waals surface area (Å²) in [5.41, 5.74) is -0.967. The molecule has 0 aromatic rings. The largest absolute Gasteiger partial charge is 0.415 e. The summed E-state index contributed by atoms with van der Waals surface area (Å²) < 4.78 is 46.6. The van der Waals surface area contributed by atoms with Gasteiger partial charge in [0.25, 0.3) is 0 Å². The van der Waals surface area contributed by atoms with Crippen LogP contribution >= 0.6 is 0 Å². The smallest absolute Gasteiger partial charge is 0.381 e. The normalized spacial score (nSPS) is 24.6.